The van der Waals surface area contributed by atoms with Crippen LogP contribution in [0, 0.1) is 18.6 Å². The molecule has 1 aliphatic heterocycles. The smallest absolute Gasteiger partial charge is 0.258 e. The minimum atomic E-state index is -0.346. The normalized spacial score (nSPS) is 15.9. The van der Waals surface area contributed by atoms with Crippen molar-refractivity contribution >= 4 is 22.9 Å². The van der Waals surface area contributed by atoms with Gasteiger partial charge in [-0.1, -0.05) is 53.2 Å². The van der Waals surface area contributed by atoms with Crippen LogP contribution >= 0.6 is 12.2 Å². The molecule has 8 heteroatoms. The van der Waals surface area contributed by atoms with Gasteiger partial charge in [0.25, 0.3) is 5.89 Å². The first kappa shape index (κ1) is 22.9. The largest absolute Gasteiger partial charge is 0.351 e. The van der Waals surface area contributed by atoms with Crippen LogP contribution in [-0.4, -0.2) is 20.2 Å². The first-order chi connectivity index (χ1) is 16.9. The van der Waals surface area contributed by atoms with Crippen molar-refractivity contribution in [2.24, 2.45) is 0 Å². The lowest BCUT2D eigenvalue weighted by molar-refractivity contribution is 0.395. The molecule has 1 unspecified atom stereocenters. The van der Waals surface area contributed by atoms with Gasteiger partial charge in [0.05, 0.1) is 18.2 Å². The van der Waals surface area contributed by atoms with Gasteiger partial charge in [0.15, 0.2) is 5.11 Å². The molecule has 1 atom stereocenters. The molecule has 0 bridgehead atoms. The van der Waals surface area contributed by atoms with Gasteiger partial charge in [0, 0.05) is 16.8 Å². The maximum absolute atomic E-state index is 14.4. The molecule has 0 spiro atoms. The Hall–Kier alpha value is -3.91. The predicted molar refractivity (Wildman–Crippen MR) is 134 cm³/mol. The number of hydrogen-bond acceptors (Lipinski definition) is 4. The zero-order valence-corrected chi connectivity index (χ0v) is 19.9. The summed E-state index contributed by atoms with van der Waals surface area (Å²) in [6.45, 7) is 4.17. The number of thiocarbonyl (C=S) groups is 1. The van der Waals surface area contributed by atoms with Crippen LogP contribution in [0.25, 0.3) is 17.0 Å². The minimum absolute atomic E-state index is 0.243. The molecule has 0 radical (unpaired) electrons. The maximum Gasteiger partial charge on any atom is 0.258 e. The number of nitrogens with one attached hydrogen (secondary N) is 1. The maximum atomic E-state index is 14.4. The summed E-state index contributed by atoms with van der Waals surface area (Å²) in [5, 5.41) is 7.98. The van der Waals surface area contributed by atoms with Gasteiger partial charge in [-0.25, -0.2) is 8.78 Å². The predicted octanol–water partition coefficient (Wildman–Crippen LogP) is 6.19. The van der Waals surface area contributed by atoms with E-state index in [0.717, 1.165) is 22.4 Å². The Kier molecular flexibility index (Phi) is 6.13. The van der Waals surface area contributed by atoms with Crippen LogP contribution in [0.5, 0.6) is 0 Å². The molecule has 4 aromatic rings. The summed E-state index contributed by atoms with van der Waals surface area (Å²) in [4.78, 5) is 6.45. The molecule has 0 saturated carbocycles. The van der Waals surface area contributed by atoms with Crippen LogP contribution in [-0.2, 0) is 6.54 Å². The highest BCUT2D eigenvalue weighted by Gasteiger charge is 2.34. The van der Waals surface area contributed by atoms with Crippen molar-refractivity contribution < 1.29 is 13.3 Å². The fourth-order valence-electron chi connectivity index (χ4n) is 4.10. The Morgan fingerprint density at radius 2 is 1.69 bits per heavy atom. The van der Waals surface area contributed by atoms with Crippen molar-refractivity contribution in [3.8, 4) is 11.4 Å². The van der Waals surface area contributed by atoms with Crippen LogP contribution in [0.4, 0.5) is 8.78 Å². The van der Waals surface area contributed by atoms with Crippen LogP contribution in [0.15, 0.2) is 83.0 Å². The van der Waals surface area contributed by atoms with Crippen molar-refractivity contribution in [3.63, 3.8) is 0 Å². The fourth-order valence-corrected chi connectivity index (χ4v) is 4.42. The molecule has 0 amide bonds. The lowest BCUT2D eigenvalue weighted by Gasteiger charge is -2.37. The van der Waals surface area contributed by atoms with E-state index in [1.54, 1.807) is 30.3 Å². The Bertz CT molecular complexity index is 1410. The van der Waals surface area contributed by atoms with E-state index < -0.39 is 0 Å². The second kappa shape index (κ2) is 9.38. The third-order valence-corrected chi connectivity index (χ3v) is 6.39. The molecule has 1 aliphatic rings. The molecule has 176 valence electrons. The first-order valence-electron chi connectivity index (χ1n) is 11.1. The lowest BCUT2D eigenvalue weighted by atomic mass is 9.94. The second-order valence-corrected chi connectivity index (χ2v) is 8.79. The summed E-state index contributed by atoms with van der Waals surface area (Å²) in [5.41, 5.74) is 4.76. The van der Waals surface area contributed by atoms with Gasteiger partial charge in [-0.15, -0.1) is 0 Å². The molecule has 1 N–H and O–H groups in total. The van der Waals surface area contributed by atoms with E-state index in [2.05, 4.69) is 15.5 Å². The van der Waals surface area contributed by atoms with E-state index >= 15 is 0 Å². The highest BCUT2D eigenvalue weighted by atomic mass is 32.1. The number of aryl methyl sites for hydroxylation is 1. The fraction of sp³-hybridized carbons (Fsp3) is 0.148. The van der Waals surface area contributed by atoms with E-state index in [0.29, 0.717) is 28.0 Å². The number of hydrogen-bond donors (Lipinski definition) is 1. The lowest BCUT2D eigenvalue weighted by Crippen LogP contribution is -2.45. The number of rotatable bonds is 5. The Morgan fingerprint density at radius 3 is 2.40 bits per heavy atom. The van der Waals surface area contributed by atoms with Crippen LogP contribution in [0.3, 0.4) is 0 Å². The Balaban J connectivity index is 1.60. The second-order valence-electron chi connectivity index (χ2n) is 8.40. The molecule has 2 heterocycles. The number of halogens is 2. The summed E-state index contributed by atoms with van der Waals surface area (Å²) < 4.78 is 33.5. The molecular weight excluding hydrogens is 466 g/mol. The van der Waals surface area contributed by atoms with Crippen molar-refractivity contribution in [3.05, 3.63) is 113 Å². The van der Waals surface area contributed by atoms with Crippen LogP contribution in [0.1, 0.15) is 35.5 Å². The standard InChI is InChI=1S/C27H22F2N4OS/c1-16-7-9-18(10-8-16)24-23(26-31-25(32-34-26)19-11-13-21(28)14-12-19)17(2)33(27(35)30-24)15-20-5-3-4-6-22(20)29/h3-14,24H,15H2,1-2H3,(H,30,35). The summed E-state index contributed by atoms with van der Waals surface area (Å²) in [6, 6.07) is 20.2. The van der Waals surface area contributed by atoms with Gasteiger partial charge in [-0.05, 0) is 62.0 Å². The van der Waals surface area contributed by atoms with E-state index in [9.17, 15) is 8.78 Å². The number of nitrogens with zero attached hydrogens (tertiary/aromatic N) is 3. The van der Waals surface area contributed by atoms with E-state index in [4.69, 9.17) is 16.7 Å². The van der Waals surface area contributed by atoms with Gasteiger partial charge < -0.3 is 14.7 Å². The van der Waals surface area contributed by atoms with Crippen molar-refractivity contribution in [2.45, 2.75) is 26.4 Å². The van der Waals surface area contributed by atoms with Gasteiger partial charge >= 0.3 is 0 Å². The van der Waals surface area contributed by atoms with Crippen molar-refractivity contribution in [2.75, 3.05) is 0 Å². The monoisotopic (exact) mass is 488 g/mol. The van der Waals surface area contributed by atoms with Gasteiger partial charge in [0.2, 0.25) is 5.82 Å². The molecule has 3 aromatic carbocycles. The SMILES string of the molecule is CC1=C(c2nc(-c3ccc(F)cc3)no2)C(c2ccc(C)cc2)NC(=S)N1Cc1ccccc1F. The van der Waals surface area contributed by atoms with Crippen molar-refractivity contribution in [1.82, 2.24) is 20.4 Å². The Morgan fingerprint density at radius 1 is 0.971 bits per heavy atom. The molecule has 35 heavy (non-hydrogen) atoms. The molecule has 5 rings (SSSR count). The van der Waals surface area contributed by atoms with Gasteiger partial charge in [-0.2, -0.15) is 4.98 Å². The number of aromatic nitrogens is 2. The zero-order chi connectivity index (χ0) is 24.5. The summed E-state index contributed by atoms with van der Waals surface area (Å²) >= 11 is 5.70. The Labute approximate surface area is 207 Å². The summed E-state index contributed by atoms with van der Waals surface area (Å²) in [5.74, 6) is 0.00335. The molecule has 0 fully saturated rings. The highest BCUT2D eigenvalue weighted by molar-refractivity contribution is 7.80. The van der Waals surface area contributed by atoms with E-state index in [-0.39, 0.29) is 24.2 Å². The van der Waals surface area contributed by atoms with Crippen LogP contribution < -0.4 is 5.32 Å². The molecule has 0 saturated heterocycles. The summed E-state index contributed by atoms with van der Waals surface area (Å²) in [6.07, 6.45) is 0. The average Bonchev–Trinajstić information content (AvgIpc) is 3.33. The highest BCUT2D eigenvalue weighted by Crippen LogP contribution is 2.38. The average molecular weight is 489 g/mol. The first-order valence-corrected chi connectivity index (χ1v) is 11.5. The zero-order valence-electron chi connectivity index (χ0n) is 19.1. The van der Waals surface area contributed by atoms with Crippen molar-refractivity contribution in [1.29, 1.82) is 0 Å². The van der Waals surface area contributed by atoms with E-state index in [1.807, 2.05) is 43.0 Å². The number of benzene rings is 3. The molecule has 5 nitrogen and oxygen atoms in total. The molecule has 0 aliphatic carbocycles. The minimum Gasteiger partial charge on any atom is -0.351 e. The third-order valence-electron chi connectivity index (χ3n) is 6.05. The quantitative estimate of drug-likeness (QED) is 0.338. The van der Waals surface area contributed by atoms with Crippen LogP contribution in [0.2, 0.25) is 0 Å². The molecule has 1 aromatic heterocycles. The number of allylic oxidation sites excluding steroid dienone is 1. The van der Waals surface area contributed by atoms with Gasteiger partial charge in [-0.3, -0.25) is 0 Å². The summed E-state index contributed by atoms with van der Waals surface area (Å²) in [7, 11) is 0. The van der Waals surface area contributed by atoms with Gasteiger partial charge in [0.1, 0.15) is 11.6 Å². The third kappa shape index (κ3) is 4.57. The topological polar surface area (TPSA) is 54.2 Å². The van der Waals surface area contributed by atoms with E-state index in [1.165, 1.54) is 18.2 Å². The molecular formula is C27H22F2N4OS.